The molecule has 0 saturated heterocycles. The van der Waals surface area contributed by atoms with Gasteiger partial charge < -0.3 is 5.11 Å². The molecule has 4 nitrogen and oxygen atoms in total. The number of aromatic nitrogens is 2. The summed E-state index contributed by atoms with van der Waals surface area (Å²) in [6, 6.07) is 26.9. The van der Waals surface area contributed by atoms with Gasteiger partial charge in [-0.05, 0) is 25.0 Å². The molecule has 0 aliphatic rings. The van der Waals surface area contributed by atoms with Crippen LogP contribution in [0.25, 0.3) is 28.2 Å². The number of benzene rings is 3. The summed E-state index contributed by atoms with van der Waals surface area (Å²) in [5, 5.41) is 9.53. The summed E-state index contributed by atoms with van der Waals surface area (Å²) in [6.45, 7) is 0. The molecule has 0 aliphatic heterocycles. The molecule has 4 aromatic rings. The van der Waals surface area contributed by atoms with Crippen LogP contribution in [0.5, 0.6) is 0 Å². The van der Waals surface area contributed by atoms with Crippen molar-refractivity contribution in [3.05, 3.63) is 90.7 Å². The molecule has 4 rings (SSSR count). The zero-order chi connectivity index (χ0) is 24.5. The van der Waals surface area contributed by atoms with Crippen molar-refractivity contribution in [1.82, 2.24) is 9.55 Å². The first-order valence-corrected chi connectivity index (χ1v) is 13.0. The molecule has 0 atom stereocenters. The number of hydrogen-bond acceptors (Lipinski definition) is 3. The number of hydrogen-bond donors (Lipinski definition) is 1. The average Bonchev–Trinajstić information content (AvgIpc) is 3.26. The Morgan fingerprint density at radius 2 is 1.40 bits per heavy atom. The number of halogens is 1. The molecule has 0 aliphatic carbocycles. The molecule has 0 fully saturated rings. The third kappa shape index (κ3) is 6.40. The van der Waals surface area contributed by atoms with Crippen molar-refractivity contribution < 1.29 is 14.3 Å². The summed E-state index contributed by atoms with van der Waals surface area (Å²) in [5.41, 5.74) is 4.15. The second-order valence-corrected chi connectivity index (χ2v) is 9.43. The third-order valence-corrected chi connectivity index (χ3v) is 6.83. The second-order valence-electron chi connectivity index (χ2n) is 8.37. The minimum Gasteiger partial charge on any atom is -0.481 e. The van der Waals surface area contributed by atoms with Crippen LogP contribution in [0, 0.1) is 5.82 Å². The van der Waals surface area contributed by atoms with E-state index in [2.05, 4.69) is 0 Å². The summed E-state index contributed by atoms with van der Waals surface area (Å²) in [5.74, 6) is -0.168. The molecule has 0 saturated carbocycles. The van der Waals surface area contributed by atoms with E-state index in [0.717, 1.165) is 65.5 Å². The zero-order valence-corrected chi connectivity index (χ0v) is 20.4. The molecule has 0 amide bonds. The Morgan fingerprint density at radius 1 is 0.800 bits per heavy atom. The van der Waals surface area contributed by atoms with Crippen LogP contribution >= 0.6 is 11.8 Å². The quantitative estimate of drug-likeness (QED) is 0.163. The van der Waals surface area contributed by atoms with Crippen LogP contribution in [0.2, 0.25) is 0 Å². The summed E-state index contributed by atoms with van der Waals surface area (Å²) in [6.07, 6.45) is 4.92. The fraction of sp³-hybridized carbons (Fsp3) is 0.241. The first-order valence-electron chi connectivity index (χ1n) is 12.0. The molecule has 0 spiro atoms. The van der Waals surface area contributed by atoms with Gasteiger partial charge in [0.25, 0.3) is 0 Å². The van der Waals surface area contributed by atoms with Crippen LogP contribution < -0.4 is 0 Å². The highest BCUT2D eigenvalue weighted by molar-refractivity contribution is 7.99. The highest BCUT2D eigenvalue weighted by Crippen LogP contribution is 2.38. The van der Waals surface area contributed by atoms with E-state index in [4.69, 9.17) is 10.1 Å². The monoisotopic (exact) mass is 488 g/mol. The van der Waals surface area contributed by atoms with E-state index in [1.54, 1.807) is 23.9 Å². The van der Waals surface area contributed by atoms with E-state index in [-0.39, 0.29) is 12.2 Å². The average molecular weight is 489 g/mol. The van der Waals surface area contributed by atoms with E-state index < -0.39 is 5.97 Å². The van der Waals surface area contributed by atoms with E-state index >= 15 is 4.39 Å². The van der Waals surface area contributed by atoms with Crippen LogP contribution in [0.1, 0.15) is 38.5 Å². The molecule has 1 aromatic heterocycles. The number of aliphatic carboxylic acids is 1. The van der Waals surface area contributed by atoms with Gasteiger partial charge in [-0.1, -0.05) is 104 Å². The van der Waals surface area contributed by atoms with Crippen LogP contribution in [0.3, 0.4) is 0 Å². The highest BCUT2D eigenvalue weighted by Gasteiger charge is 2.23. The number of imidazole rings is 1. The lowest BCUT2D eigenvalue weighted by molar-refractivity contribution is -0.137. The third-order valence-electron chi connectivity index (χ3n) is 5.80. The Hall–Kier alpha value is -3.38. The maximum atomic E-state index is 15.1. The molecule has 35 heavy (non-hydrogen) atoms. The summed E-state index contributed by atoms with van der Waals surface area (Å²) in [7, 11) is 0. The van der Waals surface area contributed by atoms with Gasteiger partial charge in [0.1, 0.15) is 5.82 Å². The van der Waals surface area contributed by atoms with E-state index in [1.807, 2.05) is 71.3 Å². The standard InChI is InChI=1S/C29H29FN2O2S/c30-24-18-11-12-19-25(24)32-28(23-16-8-5-9-17-23)27(22-14-6-4-7-15-22)31-29(32)35-21-13-3-1-2-10-20-26(33)34/h4-9,11-12,14-19H,1-3,10,13,20-21H2,(H,33,34). The highest BCUT2D eigenvalue weighted by atomic mass is 32.2. The second kappa shape index (κ2) is 12.4. The molecular formula is C29H29FN2O2S. The van der Waals surface area contributed by atoms with Crippen molar-refractivity contribution in [3.63, 3.8) is 0 Å². The van der Waals surface area contributed by atoms with Gasteiger partial charge in [0, 0.05) is 23.3 Å². The lowest BCUT2D eigenvalue weighted by atomic mass is 10.0. The molecule has 180 valence electrons. The van der Waals surface area contributed by atoms with E-state index in [0.29, 0.717) is 5.69 Å². The van der Waals surface area contributed by atoms with Gasteiger partial charge in [-0.15, -0.1) is 0 Å². The number of carboxylic acid groups (broad SMARTS) is 1. The smallest absolute Gasteiger partial charge is 0.303 e. The predicted molar refractivity (Wildman–Crippen MR) is 140 cm³/mol. The number of carboxylic acids is 1. The Bertz CT molecular complexity index is 1240. The van der Waals surface area contributed by atoms with Crippen LogP contribution in [-0.2, 0) is 4.79 Å². The molecule has 0 radical (unpaired) electrons. The molecule has 6 heteroatoms. The fourth-order valence-electron chi connectivity index (χ4n) is 4.08. The van der Waals surface area contributed by atoms with Crippen molar-refractivity contribution in [2.75, 3.05) is 5.75 Å². The van der Waals surface area contributed by atoms with E-state index in [1.165, 1.54) is 6.07 Å². The SMILES string of the molecule is O=C(O)CCCCCCCSc1nc(-c2ccccc2)c(-c2ccccc2)n1-c1ccccc1F. The van der Waals surface area contributed by atoms with Crippen molar-refractivity contribution in [3.8, 4) is 28.2 Å². The van der Waals surface area contributed by atoms with Crippen molar-refractivity contribution in [1.29, 1.82) is 0 Å². The maximum absolute atomic E-state index is 15.1. The van der Waals surface area contributed by atoms with Crippen LogP contribution in [-0.4, -0.2) is 26.4 Å². The number of rotatable bonds is 12. The molecule has 1 N–H and O–H groups in total. The van der Waals surface area contributed by atoms with E-state index in [9.17, 15) is 4.79 Å². The lowest BCUT2D eigenvalue weighted by Crippen LogP contribution is -2.02. The van der Waals surface area contributed by atoms with Crippen molar-refractivity contribution in [2.24, 2.45) is 0 Å². The van der Waals surface area contributed by atoms with Gasteiger partial charge in [0.05, 0.1) is 17.1 Å². The lowest BCUT2D eigenvalue weighted by Gasteiger charge is -2.14. The first-order chi connectivity index (χ1) is 17.1. The number of unbranched alkanes of at least 4 members (excludes halogenated alkanes) is 4. The number of thioether (sulfide) groups is 1. The predicted octanol–water partition coefficient (Wildman–Crippen LogP) is 7.86. The summed E-state index contributed by atoms with van der Waals surface area (Å²) < 4.78 is 17.0. The first kappa shape index (κ1) is 24.7. The van der Waals surface area contributed by atoms with Crippen LogP contribution in [0.15, 0.2) is 90.1 Å². The molecular weight excluding hydrogens is 459 g/mol. The van der Waals surface area contributed by atoms with Gasteiger partial charge in [-0.3, -0.25) is 9.36 Å². The summed E-state index contributed by atoms with van der Waals surface area (Å²) in [4.78, 5) is 15.7. The topological polar surface area (TPSA) is 55.1 Å². The van der Waals surface area contributed by atoms with Gasteiger partial charge in [0.15, 0.2) is 5.16 Å². The fourth-order valence-corrected chi connectivity index (χ4v) is 5.09. The molecule has 0 bridgehead atoms. The maximum Gasteiger partial charge on any atom is 0.303 e. The van der Waals surface area contributed by atoms with Crippen molar-refractivity contribution in [2.45, 2.75) is 43.7 Å². The minimum absolute atomic E-state index is 0.235. The largest absolute Gasteiger partial charge is 0.481 e. The Kier molecular flexibility index (Phi) is 8.74. The number of para-hydroxylation sites is 1. The molecule has 1 heterocycles. The van der Waals surface area contributed by atoms with Gasteiger partial charge in [-0.25, -0.2) is 9.37 Å². The number of nitrogens with zero attached hydrogens (tertiary/aromatic N) is 2. The van der Waals surface area contributed by atoms with Gasteiger partial charge >= 0.3 is 5.97 Å². The Morgan fingerprint density at radius 3 is 2.09 bits per heavy atom. The Balaban J connectivity index is 1.65. The van der Waals surface area contributed by atoms with Crippen LogP contribution in [0.4, 0.5) is 4.39 Å². The normalized spacial score (nSPS) is 11.0. The van der Waals surface area contributed by atoms with Gasteiger partial charge in [-0.2, -0.15) is 0 Å². The summed E-state index contributed by atoms with van der Waals surface area (Å²) >= 11 is 1.63. The minimum atomic E-state index is -0.732. The molecule has 0 unspecified atom stereocenters. The van der Waals surface area contributed by atoms with Crippen molar-refractivity contribution >= 4 is 17.7 Å². The molecule has 3 aromatic carbocycles. The Labute approximate surface area is 209 Å². The number of carbonyl (C=O) groups is 1. The zero-order valence-electron chi connectivity index (χ0n) is 19.6. The van der Waals surface area contributed by atoms with Gasteiger partial charge in [0.2, 0.25) is 0 Å².